The molecule has 594 valence electrons. The molecule has 0 radical (unpaired) electrons. The van der Waals surface area contributed by atoms with Gasteiger partial charge in [0.15, 0.2) is 24.2 Å². The van der Waals surface area contributed by atoms with Gasteiger partial charge in [-0.3, -0.25) is 63.0 Å². The molecule has 1 aromatic carbocycles. The highest BCUT2D eigenvalue weighted by Gasteiger charge is 2.45. The molecule has 2 rings (SSSR count). The number of nitrogens with zero attached hydrogens (tertiary/aromatic N) is 1. The lowest BCUT2D eigenvalue weighted by molar-refractivity contribution is -0.192. The van der Waals surface area contributed by atoms with Gasteiger partial charge in [-0.1, -0.05) is 106 Å². The lowest BCUT2D eigenvalue weighted by Crippen LogP contribution is -2.64. The number of rotatable bonds is 24. The Morgan fingerprint density at radius 3 is 1.69 bits per heavy atom. The number of carboxylic acid groups (broad SMARTS) is 1. The number of carbonyl (C=O) groups is 14. The maximum absolute atomic E-state index is 15.6. The van der Waals surface area contributed by atoms with Crippen LogP contribution in [-0.2, 0) is 71.8 Å². The van der Waals surface area contributed by atoms with Crippen LogP contribution in [0.15, 0.2) is 30.3 Å². The number of primary amides is 1. The fourth-order valence-corrected chi connectivity index (χ4v) is 10.00. The van der Waals surface area contributed by atoms with E-state index in [0.29, 0.717) is 0 Å². The van der Waals surface area contributed by atoms with E-state index >= 15 is 14.4 Å². The van der Waals surface area contributed by atoms with E-state index in [4.69, 9.17) is 36.3 Å². The Kier molecular flexibility index (Phi) is 38.9. The summed E-state index contributed by atoms with van der Waals surface area (Å²) in [6.45, 7) is 20.0. The van der Waals surface area contributed by atoms with E-state index < -0.39 is 222 Å². The number of esters is 1. The Labute approximate surface area is 606 Å². The molecule has 1 fully saturated rings. The van der Waals surface area contributed by atoms with Crippen molar-refractivity contribution in [2.45, 2.75) is 232 Å². The van der Waals surface area contributed by atoms with Crippen LogP contribution in [-0.4, -0.2) is 237 Å². The lowest BCUT2D eigenvalue weighted by atomic mass is 9.95. The number of nitrogens with one attached hydrogen (secondary N) is 12. The number of guanidine groups is 1. The Morgan fingerprint density at radius 2 is 1.20 bits per heavy atom. The molecule has 1 saturated heterocycles. The molecule has 0 unspecified atom stereocenters. The SMILES string of the molecule is CC[C@H](C)[C@@H]1NC(=O)[C@@H](CCCNC(=N)N)NC(=O)[C@H](CC(C)C)NC(=O)[C@H]([C@H](O)C(C)C)NC(=O)[C@@H](NC(=O)[C@H](CC(C)C)NC(=O)[C@@H](CC(C)C)N(C)C(=O)OC(C)(C)C)[C@@H](c2ccccc2)OC(=O)[C@H](CO)NC(=O)[C@H]([C@H](O)C(N)=O)NC(=O)CNC(=O)[C@H]([C@H](C)O)NC1=O.O=C(O)C(F)(F)F. The second-order valence-electron chi connectivity index (χ2n) is 27.9. The van der Waals surface area contributed by atoms with Crippen LogP contribution in [0.2, 0.25) is 0 Å². The fraction of sp³-hybridized carbons (Fsp3) is 0.682. The zero-order valence-corrected chi connectivity index (χ0v) is 61.7. The summed E-state index contributed by atoms with van der Waals surface area (Å²) in [7, 11) is 1.34. The Morgan fingerprint density at radius 1 is 0.686 bits per heavy atom. The topological polar surface area (TPSA) is 570 Å². The zero-order valence-electron chi connectivity index (χ0n) is 61.7. The number of alkyl halides is 3. The van der Waals surface area contributed by atoms with Crippen molar-refractivity contribution in [2.75, 3.05) is 26.7 Å². The van der Waals surface area contributed by atoms with E-state index in [1.54, 1.807) is 76.2 Å². The van der Waals surface area contributed by atoms with Crippen molar-refractivity contribution >= 4 is 89.0 Å². The number of likely N-dealkylation sites (N-methyl/N-ethyl adjacent to an activating group) is 1. The number of amides is 12. The molecule has 21 N–H and O–H groups in total. The van der Waals surface area contributed by atoms with Crippen molar-refractivity contribution in [1.29, 1.82) is 5.41 Å². The van der Waals surface area contributed by atoms with E-state index in [2.05, 4.69) is 47.9 Å². The molecule has 105 heavy (non-hydrogen) atoms. The summed E-state index contributed by atoms with van der Waals surface area (Å²) in [5.74, 6) is -20.8. The molecule has 0 aromatic heterocycles. The Bertz CT molecular complexity index is 3140. The van der Waals surface area contributed by atoms with Crippen LogP contribution in [0.1, 0.15) is 147 Å². The number of benzene rings is 1. The van der Waals surface area contributed by atoms with Gasteiger partial charge in [-0.2, -0.15) is 13.2 Å². The van der Waals surface area contributed by atoms with Crippen molar-refractivity contribution < 1.29 is 115 Å². The van der Waals surface area contributed by atoms with Crippen LogP contribution in [0.3, 0.4) is 0 Å². The molecule has 0 aliphatic carbocycles. The van der Waals surface area contributed by atoms with Gasteiger partial charge in [-0.15, -0.1) is 0 Å². The van der Waals surface area contributed by atoms with Crippen LogP contribution in [0.4, 0.5) is 18.0 Å². The molecule has 15 atom stereocenters. The number of nitrogens with two attached hydrogens (primary N) is 2. The van der Waals surface area contributed by atoms with Gasteiger partial charge in [0.25, 0.3) is 0 Å². The van der Waals surface area contributed by atoms with Crippen molar-refractivity contribution in [3.63, 3.8) is 0 Å². The number of aliphatic hydroxyl groups is 4. The quantitative estimate of drug-likeness (QED) is 0.0217. The predicted molar refractivity (Wildman–Crippen MR) is 369 cm³/mol. The van der Waals surface area contributed by atoms with Gasteiger partial charge < -0.3 is 105 Å². The smallest absolute Gasteiger partial charge is 0.475 e. The van der Waals surface area contributed by atoms with Crippen molar-refractivity contribution in [2.24, 2.45) is 41.1 Å². The molecule has 12 amide bonds. The van der Waals surface area contributed by atoms with E-state index in [1.807, 2.05) is 10.6 Å². The highest BCUT2D eigenvalue weighted by atomic mass is 19.4. The normalized spacial score (nSPS) is 22.9. The maximum atomic E-state index is 15.6. The number of ether oxygens (including phenoxy) is 2. The third-order valence-electron chi connectivity index (χ3n) is 15.8. The Hall–Kier alpha value is -9.50. The van der Waals surface area contributed by atoms with Gasteiger partial charge in [-0.05, 0) is 95.0 Å². The third-order valence-corrected chi connectivity index (χ3v) is 15.8. The molecular weight excluding hydrogens is 1400 g/mol. The number of aliphatic carboxylic acids is 1. The number of hydrogen-bond donors (Lipinski definition) is 19. The predicted octanol–water partition coefficient (Wildman–Crippen LogP) is -2.68. The summed E-state index contributed by atoms with van der Waals surface area (Å²) in [5, 5.41) is 85.8. The minimum Gasteiger partial charge on any atom is -0.475 e. The van der Waals surface area contributed by atoms with Crippen molar-refractivity contribution in [3.8, 4) is 0 Å². The van der Waals surface area contributed by atoms with Crippen LogP contribution in [0.5, 0.6) is 0 Å². The minimum atomic E-state index is -5.08. The van der Waals surface area contributed by atoms with E-state index in [0.717, 1.165) is 11.8 Å². The molecule has 1 aliphatic rings. The molecular formula is C66H108F3N15O21. The highest BCUT2D eigenvalue weighted by molar-refractivity contribution is 6.00. The second kappa shape index (κ2) is 43.7. The first-order valence-electron chi connectivity index (χ1n) is 34.0. The van der Waals surface area contributed by atoms with E-state index in [1.165, 1.54) is 51.2 Å². The first-order valence-corrected chi connectivity index (χ1v) is 34.0. The molecule has 0 bridgehead atoms. The molecule has 0 saturated carbocycles. The largest absolute Gasteiger partial charge is 0.490 e. The maximum Gasteiger partial charge on any atom is 0.490 e. The molecule has 1 heterocycles. The van der Waals surface area contributed by atoms with E-state index in [-0.39, 0.29) is 56.6 Å². The van der Waals surface area contributed by atoms with Gasteiger partial charge in [0, 0.05) is 13.6 Å². The Balaban J connectivity index is 0.00000746. The highest BCUT2D eigenvalue weighted by Crippen LogP contribution is 2.26. The van der Waals surface area contributed by atoms with Gasteiger partial charge in [0.2, 0.25) is 65.0 Å². The second-order valence-corrected chi connectivity index (χ2v) is 27.9. The van der Waals surface area contributed by atoms with E-state index in [9.17, 15) is 81.5 Å². The minimum absolute atomic E-state index is 0.000688. The standard InChI is InChI=1S/C64H107N15O19.C2HF3O2/c1-16-34(10)43-57(91)76-44(35(11)81)56(90)69-28-42(82)74-46(49(84)51(65)85)59(93)73-40(29-80)61(95)97-50(36-21-18-17-19-22-36)47(78-54(88)39(26-31(4)5)71-55(89)41(27-32(6)7)79(15)63(96)98-64(12,13)14)60(94)77-45(48(83)33(8)9)58(92)72-38(25-30(2)3)53(87)70-37(52(86)75-43)23-20-24-68-62(66)67;3-2(4,5)1(6)7/h17-19,21-22,30-35,37-41,43-50,80-81,83-84H,16,20,23-29H2,1-15H3,(H2,65,85)(H,69,90)(H,70,87)(H,71,89)(H,72,92)(H,73,93)(H,74,82)(H,75,86)(H,76,91)(H,77,94)(H,78,88)(H4,66,67,68);(H,6,7)/t34-,35-,37+,38-,39-,40-,41+,43-,44-,45-,46-,47-,48+,49-,50+;/m0./s1. The first kappa shape index (κ1) is 93.5. The summed E-state index contributed by atoms with van der Waals surface area (Å²) in [5.41, 5.74) is 9.78. The monoisotopic (exact) mass is 1500 g/mol. The van der Waals surface area contributed by atoms with Crippen LogP contribution < -0.4 is 70.0 Å². The molecule has 0 spiro atoms. The number of hydrogen-bond acceptors (Lipinski definition) is 21. The first-order chi connectivity index (χ1) is 48.5. The van der Waals surface area contributed by atoms with Crippen LogP contribution >= 0.6 is 0 Å². The number of aliphatic hydroxyl groups excluding tert-OH is 4. The number of cyclic esters (lactones) is 1. The van der Waals surface area contributed by atoms with Crippen LogP contribution in [0.25, 0.3) is 0 Å². The van der Waals surface area contributed by atoms with Gasteiger partial charge in [0.1, 0.15) is 60.0 Å². The zero-order chi connectivity index (χ0) is 80.9. The lowest BCUT2D eigenvalue weighted by Gasteiger charge is -2.34. The van der Waals surface area contributed by atoms with Crippen molar-refractivity contribution in [3.05, 3.63) is 35.9 Å². The summed E-state index contributed by atoms with van der Waals surface area (Å²) >= 11 is 0. The molecule has 1 aromatic rings. The fourth-order valence-electron chi connectivity index (χ4n) is 10.00. The molecule has 1 aliphatic heterocycles. The van der Waals surface area contributed by atoms with Gasteiger partial charge >= 0.3 is 24.2 Å². The van der Waals surface area contributed by atoms with Crippen molar-refractivity contribution in [1.82, 2.24) is 63.4 Å². The number of halogens is 3. The number of carbonyl (C=O) groups excluding carboxylic acids is 13. The summed E-state index contributed by atoms with van der Waals surface area (Å²) in [6, 6.07) is -11.4. The van der Waals surface area contributed by atoms with Crippen LogP contribution in [0, 0.1) is 35.0 Å². The average Bonchev–Trinajstić information content (AvgIpc) is 0.816. The molecule has 36 nitrogen and oxygen atoms in total. The van der Waals surface area contributed by atoms with Gasteiger partial charge in [0.05, 0.1) is 25.4 Å². The summed E-state index contributed by atoms with van der Waals surface area (Å²) in [4.78, 5) is 196. The third kappa shape index (κ3) is 32.6. The summed E-state index contributed by atoms with van der Waals surface area (Å²) in [6.07, 6.45) is -14.4. The molecule has 39 heteroatoms. The summed E-state index contributed by atoms with van der Waals surface area (Å²) < 4.78 is 43.3. The number of carboxylic acids is 1. The average molecular weight is 1500 g/mol. The van der Waals surface area contributed by atoms with Gasteiger partial charge in [-0.25, -0.2) is 14.4 Å².